The van der Waals surface area contributed by atoms with Crippen molar-refractivity contribution in [2.24, 2.45) is 10.4 Å². The van der Waals surface area contributed by atoms with Gasteiger partial charge in [0.1, 0.15) is 9.50 Å². The summed E-state index contributed by atoms with van der Waals surface area (Å²) in [7, 11) is 0. The molecule has 1 rings (SSSR count). The van der Waals surface area contributed by atoms with E-state index >= 15 is 0 Å². The van der Waals surface area contributed by atoms with E-state index in [1.807, 2.05) is 13.8 Å². The van der Waals surface area contributed by atoms with Gasteiger partial charge in [0.25, 0.3) is 0 Å². The maximum absolute atomic E-state index is 5.89. The second-order valence-corrected chi connectivity index (χ2v) is 4.82. The van der Waals surface area contributed by atoms with Crippen molar-refractivity contribution >= 4 is 40.0 Å². The Morgan fingerprint density at radius 2 is 2.00 bits per heavy atom. The highest BCUT2D eigenvalue weighted by Crippen LogP contribution is 2.65. The summed E-state index contributed by atoms with van der Waals surface area (Å²) in [5.74, 6) is 0. The van der Waals surface area contributed by atoms with Crippen LogP contribution >= 0.6 is 34.8 Å². The lowest BCUT2D eigenvalue weighted by atomic mass is 10.2. The summed E-state index contributed by atoms with van der Waals surface area (Å²) in [4.78, 5) is 4.07. The summed E-state index contributed by atoms with van der Waals surface area (Å²) in [6.07, 6.45) is 0.700. The second kappa shape index (κ2) is 2.79. The molecule has 0 bridgehead atoms. The zero-order valence-corrected chi connectivity index (χ0v) is 8.76. The normalized spacial score (nSPS) is 35.5. The van der Waals surface area contributed by atoms with Gasteiger partial charge < -0.3 is 0 Å². The van der Waals surface area contributed by atoms with Crippen LogP contribution in [-0.4, -0.2) is 16.0 Å². The molecule has 0 aliphatic heterocycles. The Balaban J connectivity index is 2.71. The average Bonchev–Trinajstić information content (AvgIpc) is 2.35. The topological polar surface area (TPSA) is 12.4 Å². The molecule has 0 aromatic heterocycles. The maximum atomic E-state index is 5.89. The second-order valence-electron chi connectivity index (χ2n) is 2.98. The minimum Gasteiger partial charge on any atom is -0.277 e. The SMILES string of the molecule is CC/N=C(\Cl)C1(C)CC1(Cl)Cl. The molecule has 0 aromatic rings. The molecule has 0 aromatic carbocycles. The Kier molecular flexibility index (Phi) is 2.44. The molecular formula is C7H10Cl3N. The van der Waals surface area contributed by atoms with E-state index in [0.717, 1.165) is 0 Å². The largest absolute Gasteiger partial charge is 0.277 e. The minimum atomic E-state index is -0.692. The van der Waals surface area contributed by atoms with Crippen LogP contribution in [0.4, 0.5) is 0 Å². The molecule has 0 amide bonds. The average molecular weight is 215 g/mol. The van der Waals surface area contributed by atoms with E-state index in [0.29, 0.717) is 18.1 Å². The van der Waals surface area contributed by atoms with Crippen LogP contribution in [0.2, 0.25) is 0 Å². The van der Waals surface area contributed by atoms with Crippen molar-refractivity contribution < 1.29 is 0 Å². The van der Waals surface area contributed by atoms with Gasteiger partial charge in [-0.2, -0.15) is 0 Å². The van der Waals surface area contributed by atoms with Crippen molar-refractivity contribution in [2.45, 2.75) is 24.6 Å². The molecule has 1 aliphatic carbocycles. The molecule has 0 saturated heterocycles. The molecule has 1 unspecified atom stereocenters. The molecular weight excluding hydrogens is 204 g/mol. The first-order chi connectivity index (χ1) is 4.94. The van der Waals surface area contributed by atoms with Gasteiger partial charge in [0, 0.05) is 6.54 Å². The molecule has 1 saturated carbocycles. The molecule has 4 heteroatoms. The van der Waals surface area contributed by atoms with Gasteiger partial charge in [0.15, 0.2) is 0 Å². The van der Waals surface area contributed by atoms with Crippen LogP contribution in [-0.2, 0) is 0 Å². The Morgan fingerprint density at radius 3 is 2.27 bits per heavy atom. The summed E-state index contributed by atoms with van der Waals surface area (Å²) in [6, 6.07) is 0. The first kappa shape index (κ1) is 9.63. The van der Waals surface area contributed by atoms with Gasteiger partial charge in [0.2, 0.25) is 0 Å². The van der Waals surface area contributed by atoms with Crippen LogP contribution in [0.15, 0.2) is 4.99 Å². The van der Waals surface area contributed by atoms with Crippen molar-refractivity contribution in [1.82, 2.24) is 0 Å². The van der Waals surface area contributed by atoms with E-state index in [1.54, 1.807) is 0 Å². The van der Waals surface area contributed by atoms with Crippen molar-refractivity contribution in [3.05, 3.63) is 0 Å². The highest BCUT2D eigenvalue weighted by atomic mass is 35.5. The Hall–Kier alpha value is 0.540. The van der Waals surface area contributed by atoms with Gasteiger partial charge in [-0.05, 0) is 13.3 Å². The van der Waals surface area contributed by atoms with E-state index in [9.17, 15) is 0 Å². The molecule has 1 aliphatic rings. The zero-order chi connectivity index (χ0) is 8.70. The van der Waals surface area contributed by atoms with E-state index in [1.165, 1.54) is 0 Å². The summed E-state index contributed by atoms with van der Waals surface area (Å²) in [5.41, 5.74) is -0.298. The molecule has 11 heavy (non-hydrogen) atoms. The van der Waals surface area contributed by atoms with Crippen LogP contribution in [0.5, 0.6) is 0 Å². The molecule has 1 atom stereocenters. The monoisotopic (exact) mass is 213 g/mol. The van der Waals surface area contributed by atoms with Crippen molar-refractivity contribution in [3.8, 4) is 0 Å². The van der Waals surface area contributed by atoms with Gasteiger partial charge in [-0.25, -0.2) is 0 Å². The van der Waals surface area contributed by atoms with Gasteiger partial charge in [-0.15, -0.1) is 23.2 Å². The number of hydrogen-bond acceptors (Lipinski definition) is 1. The lowest BCUT2D eigenvalue weighted by Crippen LogP contribution is -2.13. The molecule has 0 spiro atoms. The Morgan fingerprint density at radius 1 is 1.55 bits per heavy atom. The van der Waals surface area contributed by atoms with E-state index < -0.39 is 4.33 Å². The van der Waals surface area contributed by atoms with Gasteiger partial charge in [-0.1, -0.05) is 18.5 Å². The highest BCUT2D eigenvalue weighted by Gasteiger charge is 2.65. The van der Waals surface area contributed by atoms with E-state index in [2.05, 4.69) is 4.99 Å². The molecule has 0 heterocycles. The quantitative estimate of drug-likeness (QED) is 0.494. The molecule has 64 valence electrons. The molecule has 1 nitrogen and oxygen atoms in total. The number of rotatable bonds is 2. The summed E-state index contributed by atoms with van der Waals surface area (Å²) in [6.45, 7) is 4.53. The zero-order valence-electron chi connectivity index (χ0n) is 6.50. The standard InChI is InChI=1S/C7H10Cl3N/c1-3-11-5(8)6(2)4-7(6,9)10/h3-4H2,1-2H3/b11-5-. The van der Waals surface area contributed by atoms with Gasteiger partial charge in [0.05, 0.1) is 5.41 Å². The number of nitrogens with zero attached hydrogens (tertiary/aromatic N) is 1. The number of alkyl halides is 2. The third-order valence-corrected chi connectivity index (χ3v) is 3.65. The fraction of sp³-hybridized carbons (Fsp3) is 0.857. The first-order valence-corrected chi connectivity index (χ1v) is 4.65. The van der Waals surface area contributed by atoms with Crippen LogP contribution in [0.25, 0.3) is 0 Å². The third kappa shape index (κ3) is 1.51. The summed E-state index contributed by atoms with van der Waals surface area (Å²) in [5, 5.41) is 0.546. The minimum absolute atomic E-state index is 0.298. The number of hydrogen-bond donors (Lipinski definition) is 0. The van der Waals surface area contributed by atoms with Crippen molar-refractivity contribution in [3.63, 3.8) is 0 Å². The predicted octanol–water partition coefficient (Wildman–Crippen LogP) is 3.23. The van der Waals surface area contributed by atoms with Crippen molar-refractivity contribution in [1.29, 1.82) is 0 Å². The van der Waals surface area contributed by atoms with Gasteiger partial charge in [-0.3, -0.25) is 4.99 Å². The van der Waals surface area contributed by atoms with Crippen molar-refractivity contribution in [2.75, 3.05) is 6.54 Å². The third-order valence-electron chi connectivity index (χ3n) is 2.01. The Bertz CT molecular complexity index is 200. The Labute approximate surface area is 81.7 Å². The fourth-order valence-corrected chi connectivity index (χ4v) is 2.09. The fourth-order valence-electron chi connectivity index (χ4n) is 0.937. The van der Waals surface area contributed by atoms with Gasteiger partial charge >= 0.3 is 0 Å². The smallest absolute Gasteiger partial charge is 0.131 e. The molecule has 0 N–H and O–H groups in total. The van der Waals surface area contributed by atoms with Crippen LogP contribution < -0.4 is 0 Å². The van der Waals surface area contributed by atoms with Crippen LogP contribution in [0.3, 0.4) is 0 Å². The number of halogens is 3. The van der Waals surface area contributed by atoms with Crippen LogP contribution in [0, 0.1) is 5.41 Å². The number of aliphatic imine (C=N–C) groups is 1. The summed E-state index contributed by atoms with van der Waals surface area (Å²) < 4.78 is -0.692. The lowest BCUT2D eigenvalue weighted by molar-refractivity contribution is 0.795. The predicted molar refractivity (Wildman–Crippen MR) is 51.0 cm³/mol. The molecule has 0 radical (unpaired) electrons. The van der Waals surface area contributed by atoms with Crippen LogP contribution in [0.1, 0.15) is 20.3 Å². The maximum Gasteiger partial charge on any atom is 0.131 e. The van der Waals surface area contributed by atoms with E-state index in [-0.39, 0.29) is 5.41 Å². The molecule has 1 fully saturated rings. The first-order valence-electron chi connectivity index (χ1n) is 3.52. The lowest BCUT2D eigenvalue weighted by Gasteiger charge is -2.08. The van der Waals surface area contributed by atoms with E-state index in [4.69, 9.17) is 34.8 Å². The summed E-state index contributed by atoms with van der Waals surface area (Å²) >= 11 is 17.6. The highest BCUT2D eigenvalue weighted by molar-refractivity contribution is 6.70.